The van der Waals surface area contributed by atoms with Crippen molar-refractivity contribution < 1.29 is 28.9 Å². The molecule has 2 aliphatic rings. The Bertz CT molecular complexity index is 610. The summed E-state index contributed by atoms with van der Waals surface area (Å²) in [6.07, 6.45) is 3.38. The highest BCUT2D eigenvalue weighted by Crippen LogP contribution is 2.34. The third-order valence-corrected chi connectivity index (χ3v) is 4.79. The van der Waals surface area contributed by atoms with Gasteiger partial charge in [0.2, 0.25) is 0 Å². The first-order valence-corrected chi connectivity index (χ1v) is 9.08. The molecule has 1 spiro atoms. The molecule has 0 aromatic heterocycles. The van der Waals surface area contributed by atoms with Crippen molar-refractivity contribution in [3.63, 3.8) is 0 Å². The van der Waals surface area contributed by atoms with Crippen molar-refractivity contribution in [2.24, 2.45) is 0 Å². The second-order valence-corrected chi connectivity index (χ2v) is 6.75. The quantitative estimate of drug-likeness (QED) is 0.889. The van der Waals surface area contributed by atoms with Crippen molar-refractivity contribution in [1.82, 2.24) is 4.90 Å². The number of aliphatic carboxylic acids is 1. The third kappa shape index (κ3) is 4.53. The standard InChI is InChI=1S/C19H25NO6/c21-17(22)16-12-19(25-10-6-1-2-7-11-26-19)14-20(16)18(23)24-13-15-8-4-3-5-9-15/h3-5,8-9,16H,1-2,6-7,10-14H2,(H,21,22). The van der Waals surface area contributed by atoms with Gasteiger partial charge in [0.05, 0.1) is 19.8 Å². The van der Waals surface area contributed by atoms with E-state index in [4.69, 9.17) is 14.2 Å². The van der Waals surface area contributed by atoms with Crippen LogP contribution >= 0.6 is 0 Å². The summed E-state index contributed by atoms with van der Waals surface area (Å²) in [6.45, 7) is 1.16. The summed E-state index contributed by atoms with van der Waals surface area (Å²) in [4.78, 5) is 25.4. The van der Waals surface area contributed by atoms with Gasteiger partial charge in [-0.15, -0.1) is 0 Å². The minimum Gasteiger partial charge on any atom is -0.480 e. The second-order valence-electron chi connectivity index (χ2n) is 6.75. The van der Waals surface area contributed by atoms with Crippen LogP contribution in [0.5, 0.6) is 0 Å². The van der Waals surface area contributed by atoms with Gasteiger partial charge in [-0.25, -0.2) is 9.59 Å². The molecule has 1 amide bonds. The van der Waals surface area contributed by atoms with E-state index >= 15 is 0 Å². The zero-order chi connectivity index (χ0) is 18.4. The molecule has 142 valence electrons. The fraction of sp³-hybridized carbons (Fsp3) is 0.579. The predicted molar refractivity (Wildman–Crippen MR) is 92.5 cm³/mol. The van der Waals surface area contributed by atoms with Crippen LogP contribution in [0.1, 0.15) is 37.7 Å². The van der Waals surface area contributed by atoms with Gasteiger partial charge in [0, 0.05) is 6.42 Å². The SMILES string of the molecule is O=C(O)C1CC2(CN1C(=O)OCc1ccccc1)OCCCCCCO2. The Labute approximate surface area is 152 Å². The Hall–Kier alpha value is -2.12. The van der Waals surface area contributed by atoms with E-state index < -0.39 is 23.9 Å². The van der Waals surface area contributed by atoms with Crippen LogP contribution in [0.15, 0.2) is 30.3 Å². The number of rotatable bonds is 3. The molecule has 1 aromatic rings. The maximum Gasteiger partial charge on any atom is 0.411 e. The number of carboxylic acids is 1. The molecule has 2 aliphatic heterocycles. The average molecular weight is 363 g/mol. The van der Waals surface area contributed by atoms with Gasteiger partial charge in [-0.3, -0.25) is 4.90 Å². The van der Waals surface area contributed by atoms with Crippen LogP contribution in [0.2, 0.25) is 0 Å². The summed E-state index contributed by atoms with van der Waals surface area (Å²) in [5, 5.41) is 9.55. The molecule has 26 heavy (non-hydrogen) atoms. The molecular formula is C19H25NO6. The molecule has 2 fully saturated rings. The van der Waals surface area contributed by atoms with Crippen LogP contribution in [0, 0.1) is 0 Å². The Morgan fingerprint density at radius 1 is 1.12 bits per heavy atom. The molecule has 1 atom stereocenters. The van der Waals surface area contributed by atoms with Gasteiger partial charge in [0.25, 0.3) is 0 Å². The Balaban J connectivity index is 1.68. The summed E-state index contributed by atoms with van der Waals surface area (Å²) in [6, 6.07) is 8.26. The largest absolute Gasteiger partial charge is 0.480 e. The number of carbonyl (C=O) groups excluding carboxylic acids is 1. The molecule has 0 saturated carbocycles. The zero-order valence-corrected chi connectivity index (χ0v) is 14.8. The highest BCUT2D eigenvalue weighted by Gasteiger charge is 2.51. The van der Waals surface area contributed by atoms with Crippen LogP contribution in [-0.2, 0) is 25.6 Å². The Morgan fingerprint density at radius 3 is 2.38 bits per heavy atom. The number of ether oxygens (including phenoxy) is 3. The molecule has 7 nitrogen and oxygen atoms in total. The molecule has 1 unspecified atom stereocenters. The Kier molecular flexibility index (Phi) is 6.11. The fourth-order valence-electron chi connectivity index (χ4n) is 3.38. The van der Waals surface area contributed by atoms with Crippen molar-refractivity contribution in [3.05, 3.63) is 35.9 Å². The predicted octanol–water partition coefficient (Wildman–Crippen LogP) is 2.79. The minimum absolute atomic E-state index is 0.0671. The maximum absolute atomic E-state index is 12.5. The van der Waals surface area contributed by atoms with Gasteiger partial charge in [0.15, 0.2) is 5.79 Å². The van der Waals surface area contributed by atoms with Gasteiger partial charge < -0.3 is 19.3 Å². The van der Waals surface area contributed by atoms with Crippen molar-refractivity contribution >= 4 is 12.1 Å². The molecule has 0 aliphatic carbocycles. The van der Waals surface area contributed by atoms with Gasteiger partial charge in [0.1, 0.15) is 12.6 Å². The summed E-state index contributed by atoms with van der Waals surface area (Å²) in [7, 11) is 0. The van der Waals surface area contributed by atoms with E-state index in [-0.39, 0.29) is 19.6 Å². The number of nitrogens with zero attached hydrogens (tertiary/aromatic N) is 1. The van der Waals surface area contributed by atoms with Gasteiger partial charge in [-0.1, -0.05) is 43.2 Å². The van der Waals surface area contributed by atoms with Crippen LogP contribution in [-0.4, -0.2) is 53.7 Å². The van der Waals surface area contributed by atoms with E-state index in [9.17, 15) is 14.7 Å². The molecule has 1 N–H and O–H groups in total. The summed E-state index contributed by atoms with van der Waals surface area (Å²) in [5.41, 5.74) is 0.844. The summed E-state index contributed by atoms with van der Waals surface area (Å²) >= 11 is 0. The summed E-state index contributed by atoms with van der Waals surface area (Å²) < 4.78 is 17.1. The lowest BCUT2D eigenvalue weighted by Gasteiger charge is -2.29. The van der Waals surface area contributed by atoms with Crippen LogP contribution in [0.4, 0.5) is 4.79 Å². The lowest BCUT2D eigenvalue weighted by atomic mass is 10.1. The number of amides is 1. The monoisotopic (exact) mass is 363 g/mol. The van der Waals surface area contributed by atoms with E-state index in [0.29, 0.717) is 13.2 Å². The maximum atomic E-state index is 12.5. The number of carboxylic acid groups (broad SMARTS) is 1. The average Bonchev–Trinajstić information content (AvgIpc) is 3.07. The number of likely N-dealkylation sites (tertiary alicyclic amines) is 1. The lowest BCUT2D eigenvalue weighted by molar-refractivity contribution is -0.226. The normalized spacial score (nSPS) is 23.1. The van der Waals surface area contributed by atoms with E-state index in [0.717, 1.165) is 31.2 Å². The van der Waals surface area contributed by atoms with E-state index in [1.807, 2.05) is 30.3 Å². The molecular weight excluding hydrogens is 338 g/mol. The fourth-order valence-corrected chi connectivity index (χ4v) is 3.38. The van der Waals surface area contributed by atoms with E-state index in [1.54, 1.807) is 0 Å². The number of benzene rings is 1. The highest BCUT2D eigenvalue weighted by molar-refractivity contribution is 5.81. The first-order valence-electron chi connectivity index (χ1n) is 9.08. The van der Waals surface area contributed by atoms with Crippen molar-refractivity contribution in [2.75, 3.05) is 19.8 Å². The van der Waals surface area contributed by atoms with Gasteiger partial charge in [-0.2, -0.15) is 0 Å². The highest BCUT2D eigenvalue weighted by atomic mass is 16.7. The van der Waals surface area contributed by atoms with Crippen molar-refractivity contribution in [3.8, 4) is 0 Å². The Morgan fingerprint density at radius 2 is 1.77 bits per heavy atom. The molecule has 0 radical (unpaired) electrons. The van der Waals surface area contributed by atoms with Crippen molar-refractivity contribution in [1.29, 1.82) is 0 Å². The van der Waals surface area contributed by atoms with Crippen LogP contribution in [0.25, 0.3) is 0 Å². The number of hydrogen-bond donors (Lipinski definition) is 1. The minimum atomic E-state index is -1.08. The number of hydrogen-bond acceptors (Lipinski definition) is 5. The molecule has 2 saturated heterocycles. The second kappa shape index (κ2) is 8.51. The third-order valence-electron chi connectivity index (χ3n) is 4.79. The van der Waals surface area contributed by atoms with Gasteiger partial charge in [-0.05, 0) is 18.4 Å². The molecule has 3 rings (SSSR count). The lowest BCUT2D eigenvalue weighted by Crippen LogP contribution is -2.43. The number of carbonyl (C=O) groups is 2. The molecule has 1 aromatic carbocycles. The topological polar surface area (TPSA) is 85.3 Å². The molecule has 7 heteroatoms. The van der Waals surface area contributed by atoms with E-state index in [1.165, 1.54) is 4.90 Å². The molecule has 0 bridgehead atoms. The summed E-state index contributed by atoms with van der Waals surface area (Å²) in [5.74, 6) is -2.13. The first kappa shape index (κ1) is 18.7. The van der Waals surface area contributed by atoms with Crippen molar-refractivity contribution in [2.45, 2.75) is 50.5 Å². The van der Waals surface area contributed by atoms with E-state index in [2.05, 4.69) is 0 Å². The van der Waals surface area contributed by atoms with Crippen LogP contribution < -0.4 is 0 Å². The van der Waals surface area contributed by atoms with Gasteiger partial charge >= 0.3 is 12.1 Å². The smallest absolute Gasteiger partial charge is 0.411 e. The first-order chi connectivity index (χ1) is 12.6. The zero-order valence-electron chi connectivity index (χ0n) is 14.8. The van der Waals surface area contributed by atoms with Crippen LogP contribution in [0.3, 0.4) is 0 Å². The molecule has 2 heterocycles.